The van der Waals surface area contributed by atoms with Gasteiger partial charge in [-0.1, -0.05) is 0 Å². The van der Waals surface area contributed by atoms with E-state index in [9.17, 15) is 18.4 Å². The summed E-state index contributed by atoms with van der Waals surface area (Å²) in [6, 6.07) is 1.23. The van der Waals surface area contributed by atoms with Crippen molar-refractivity contribution in [2.75, 3.05) is 7.05 Å². The maximum absolute atomic E-state index is 13.2. The van der Waals surface area contributed by atoms with Crippen molar-refractivity contribution >= 4 is 11.8 Å². The molecule has 0 spiro atoms. The van der Waals surface area contributed by atoms with Crippen molar-refractivity contribution in [2.24, 2.45) is 5.73 Å². The summed E-state index contributed by atoms with van der Waals surface area (Å²) in [5.74, 6) is -3.98. The van der Waals surface area contributed by atoms with Gasteiger partial charge in [0.05, 0.1) is 11.1 Å². The molecule has 0 aliphatic rings. The quantitative estimate of drug-likeness (QED) is 0.749. The second kappa shape index (κ2) is 4.04. The third-order valence-electron chi connectivity index (χ3n) is 1.77. The third kappa shape index (κ3) is 2.09. The molecule has 4 nitrogen and oxygen atoms in total. The minimum atomic E-state index is -1.12. The van der Waals surface area contributed by atoms with Crippen LogP contribution < -0.4 is 11.1 Å². The van der Waals surface area contributed by atoms with Gasteiger partial charge in [-0.2, -0.15) is 0 Å². The van der Waals surface area contributed by atoms with Crippen LogP contribution in [0.1, 0.15) is 20.7 Å². The Balaban J connectivity index is 3.46. The Kier molecular flexibility index (Phi) is 2.99. The highest BCUT2D eigenvalue weighted by molar-refractivity contribution is 6.06. The first-order valence-electron chi connectivity index (χ1n) is 3.98. The zero-order valence-corrected chi connectivity index (χ0v) is 7.80. The number of hydrogen-bond acceptors (Lipinski definition) is 2. The van der Waals surface area contributed by atoms with Crippen LogP contribution in [-0.4, -0.2) is 18.9 Å². The lowest BCUT2D eigenvalue weighted by Crippen LogP contribution is -2.25. The number of benzene rings is 1. The number of amides is 2. The van der Waals surface area contributed by atoms with Crippen molar-refractivity contribution in [3.8, 4) is 0 Å². The number of nitrogens with two attached hydrogens (primary N) is 1. The molecule has 0 heterocycles. The molecule has 0 aliphatic heterocycles. The van der Waals surface area contributed by atoms with E-state index in [-0.39, 0.29) is 0 Å². The molecule has 6 heteroatoms. The van der Waals surface area contributed by atoms with Crippen LogP contribution in [0.3, 0.4) is 0 Å². The predicted octanol–water partition coefficient (Wildman–Crippen LogP) is 0.423. The Bertz CT molecular complexity index is 432. The largest absolute Gasteiger partial charge is 0.366 e. The van der Waals surface area contributed by atoms with Gasteiger partial charge in [0.25, 0.3) is 5.91 Å². The Morgan fingerprint density at radius 1 is 1.33 bits per heavy atom. The van der Waals surface area contributed by atoms with Gasteiger partial charge < -0.3 is 11.1 Å². The average molecular weight is 214 g/mol. The van der Waals surface area contributed by atoms with E-state index >= 15 is 0 Å². The van der Waals surface area contributed by atoms with Gasteiger partial charge in [0.15, 0.2) is 0 Å². The average Bonchev–Trinajstić information content (AvgIpc) is 2.15. The molecular formula is C9H8F2N2O2. The molecule has 1 rings (SSSR count). The molecule has 0 radical (unpaired) electrons. The standard InChI is InChI=1S/C9H8F2N2O2/c1-13-9(15)7-5(8(12)14)2-4(10)3-6(7)11/h2-3H,1H3,(H2,12,14)(H,13,15). The number of carbonyl (C=O) groups is 2. The lowest BCUT2D eigenvalue weighted by molar-refractivity contribution is 0.0939. The van der Waals surface area contributed by atoms with E-state index in [0.717, 1.165) is 6.07 Å². The molecule has 1 aromatic carbocycles. The summed E-state index contributed by atoms with van der Waals surface area (Å²) in [7, 11) is 1.26. The van der Waals surface area contributed by atoms with Gasteiger partial charge >= 0.3 is 0 Å². The fourth-order valence-electron chi connectivity index (χ4n) is 1.12. The maximum atomic E-state index is 13.2. The summed E-state index contributed by atoms with van der Waals surface area (Å²) in [5, 5.41) is 2.13. The fourth-order valence-corrected chi connectivity index (χ4v) is 1.12. The Morgan fingerprint density at radius 3 is 2.40 bits per heavy atom. The smallest absolute Gasteiger partial charge is 0.254 e. The van der Waals surface area contributed by atoms with Gasteiger partial charge in [0, 0.05) is 13.1 Å². The van der Waals surface area contributed by atoms with Gasteiger partial charge in [0.1, 0.15) is 11.6 Å². The first-order chi connectivity index (χ1) is 6.97. The molecular weight excluding hydrogens is 206 g/mol. The normalized spacial score (nSPS) is 9.80. The highest BCUT2D eigenvalue weighted by Gasteiger charge is 2.20. The number of nitrogens with one attached hydrogen (secondary N) is 1. The highest BCUT2D eigenvalue weighted by Crippen LogP contribution is 2.15. The Labute approximate surface area is 84.1 Å². The minimum Gasteiger partial charge on any atom is -0.366 e. The molecule has 0 aliphatic carbocycles. The van der Waals surface area contributed by atoms with Crippen LogP contribution in [0.5, 0.6) is 0 Å². The van der Waals surface area contributed by atoms with Crippen LogP contribution >= 0.6 is 0 Å². The molecule has 0 unspecified atom stereocenters. The molecule has 0 fully saturated rings. The number of carbonyl (C=O) groups excluding carboxylic acids is 2. The van der Waals surface area contributed by atoms with Crippen molar-refractivity contribution in [1.82, 2.24) is 5.32 Å². The van der Waals surface area contributed by atoms with Crippen molar-refractivity contribution in [1.29, 1.82) is 0 Å². The third-order valence-corrected chi connectivity index (χ3v) is 1.77. The van der Waals surface area contributed by atoms with Crippen LogP contribution in [0.15, 0.2) is 12.1 Å². The van der Waals surface area contributed by atoms with Gasteiger partial charge in [-0.15, -0.1) is 0 Å². The molecule has 0 bridgehead atoms. The van der Waals surface area contributed by atoms with E-state index in [1.165, 1.54) is 7.05 Å². The van der Waals surface area contributed by atoms with Crippen molar-refractivity contribution in [2.45, 2.75) is 0 Å². The molecule has 80 valence electrons. The molecule has 2 amide bonds. The molecule has 3 N–H and O–H groups in total. The summed E-state index contributed by atoms with van der Waals surface area (Å²) < 4.78 is 26.0. The summed E-state index contributed by atoms with van der Waals surface area (Å²) >= 11 is 0. The summed E-state index contributed by atoms with van der Waals surface area (Å²) in [4.78, 5) is 22.0. The number of primary amides is 1. The van der Waals surface area contributed by atoms with Crippen LogP contribution in [-0.2, 0) is 0 Å². The van der Waals surface area contributed by atoms with E-state index in [1.54, 1.807) is 0 Å². The van der Waals surface area contributed by atoms with E-state index in [2.05, 4.69) is 5.32 Å². The lowest BCUT2D eigenvalue weighted by atomic mass is 10.1. The summed E-state index contributed by atoms with van der Waals surface area (Å²) in [6.07, 6.45) is 0. The molecule has 1 aromatic rings. The van der Waals surface area contributed by atoms with Crippen molar-refractivity contribution in [3.05, 3.63) is 34.9 Å². The van der Waals surface area contributed by atoms with Gasteiger partial charge in [0.2, 0.25) is 5.91 Å². The van der Waals surface area contributed by atoms with Gasteiger partial charge in [-0.25, -0.2) is 8.78 Å². The fraction of sp³-hybridized carbons (Fsp3) is 0.111. The molecule has 0 aromatic heterocycles. The summed E-state index contributed by atoms with van der Waals surface area (Å²) in [6.45, 7) is 0. The van der Waals surface area contributed by atoms with E-state index in [1.807, 2.05) is 0 Å². The number of halogens is 2. The first-order valence-corrected chi connectivity index (χ1v) is 3.98. The topological polar surface area (TPSA) is 72.2 Å². The SMILES string of the molecule is CNC(=O)c1c(F)cc(F)cc1C(N)=O. The summed E-state index contributed by atoms with van der Waals surface area (Å²) in [5.41, 5.74) is 3.86. The monoisotopic (exact) mass is 214 g/mol. The van der Waals surface area contributed by atoms with Gasteiger partial charge in [-0.3, -0.25) is 9.59 Å². The maximum Gasteiger partial charge on any atom is 0.254 e. The first kappa shape index (κ1) is 11.1. The second-order valence-corrected chi connectivity index (χ2v) is 2.75. The zero-order chi connectivity index (χ0) is 11.6. The minimum absolute atomic E-state index is 0.480. The van der Waals surface area contributed by atoms with Crippen LogP contribution in [0.25, 0.3) is 0 Å². The molecule has 15 heavy (non-hydrogen) atoms. The molecule has 0 saturated heterocycles. The van der Waals surface area contributed by atoms with E-state index in [4.69, 9.17) is 5.73 Å². The lowest BCUT2D eigenvalue weighted by Gasteiger charge is -2.06. The zero-order valence-electron chi connectivity index (χ0n) is 7.80. The molecule has 0 saturated carbocycles. The number of hydrogen-bond donors (Lipinski definition) is 2. The second-order valence-electron chi connectivity index (χ2n) is 2.75. The van der Waals surface area contributed by atoms with Crippen LogP contribution in [0.4, 0.5) is 8.78 Å². The van der Waals surface area contributed by atoms with E-state index < -0.39 is 34.6 Å². The predicted molar refractivity (Wildman–Crippen MR) is 48.3 cm³/mol. The van der Waals surface area contributed by atoms with Crippen LogP contribution in [0.2, 0.25) is 0 Å². The highest BCUT2D eigenvalue weighted by atomic mass is 19.1. The van der Waals surface area contributed by atoms with E-state index in [0.29, 0.717) is 6.07 Å². The number of rotatable bonds is 2. The Hall–Kier alpha value is -1.98. The van der Waals surface area contributed by atoms with Crippen LogP contribution in [0, 0.1) is 11.6 Å². The molecule has 0 atom stereocenters. The van der Waals surface area contributed by atoms with Crippen molar-refractivity contribution in [3.63, 3.8) is 0 Å². The Morgan fingerprint density at radius 2 is 1.93 bits per heavy atom. The van der Waals surface area contributed by atoms with Crippen molar-refractivity contribution < 1.29 is 18.4 Å². The van der Waals surface area contributed by atoms with Gasteiger partial charge in [-0.05, 0) is 6.07 Å².